The van der Waals surface area contributed by atoms with Gasteiger partial charge >= 0.3 is 5.97 Å². The van der Waals surface area contributed by atoms with Gasteiger partial charge in [0.05, 0.1) is 19.3 Å². The van der Waals surface area contributed by atoms with Crippen molar-refractivity contribution in [3.05, 3.63) is 66.2 Å². The van der Waals surface area contributed by atoms with Crippen molar-refractivity contribution in [3.8, 4) is 17.2 Å². The highest BCUT2D eigenvalue weighted by Crippen LogP contribution is 2.38. The molecule has 0 aliphatic carbocycles. The predicted molar refractivity (Wildman–Crippen MR) is 106 cm³/mol. The molecule has 3 aromatic rings. The first-order chi connectivity index (χ1) is 13.7. The molecule has 3 aromatic carbocycles. The van der Waals surface area contributed by atoms with Crippen LogP contribution in [0.3, 0.4) is 0 Å². The molecule has 1 fully saturated rings. The molecule has 0 radical (unpaired) electrons. The van der Waals surface area contributed by atoms with Crippen molar-refractivity contribution in [2.45, 2.75) is 25.6 Å². The van der Waals surface area contributed by atoms with Crippen molar-refractivity contribution in [1.29, 1.82) is 0 Å². The Bertz CT molecular complexity index is 976. The number of methoxy groups -OCH3 is 1. The molecule has 28 heavy (non-hydrogen) atoms. The summed E-state index contributed by atoms with van der Waals surface area (Å²) in [6, 6.07) is 18.6. The fraction of sp³-hybridized carbons (Fsp3) is 0.261. The van der Waals surface area contributed by atoms with E-state index in [1.165, 1.54) is 7.11 Å². The third kappa shape index (κ3) is 3.94. The van der Waals surface area contributed by atoms with Crippen LogP contribution in [0.5, 0.6) is 17.2 Å². The van der Waals surface area contributed by atoms with Crippen molar-refractivity contribution < 1.29 is 23.7 Å². The maximum absolute atomic E-state index is 12.7. The molecule has 1 atom stereocenters. The molecule has 4 rings (SSSR count). The number of para-hydroxylation sites is 1. The maximum atomic E-state index is 12.7. The van der Waals surface area contributed by atoms with Crippen LogP contribution in [0.15, 0.2) is 60.7 Å². The fourth-order valence-electron chi connectivity index (χ4n) is 3.29. The summed E-state index contributed by atoms with van der Waals surface area (Å²) in [4.78, 5) is 12.7. The van der Waals surface area contributed by atoms with Gasteiger partial charge < -0.3 is 18.9 Å². The summed E-state index contributed by atoms with van der Waals surface area (Å²) in [5.41, 5.74) is 0.475. The number of rotatable bonds is 5. The third-order valence-corrected chi connectivity index (χ3v) is 4.73. The van der Waals surface area contributed by atoms with Crippen molar-refractivity contribution in [2.24, 2.45) is 0 Å². The number of esters is 1. The molecule has 5 heteroatoms. The van der Waals surface area contributed by atoms with Crippen LogP contribution in [0.25, 0.3) is 10.8 Å². The summed E-state index contributed by atoms with van der Waals surface area (Å²) in [6.45, 7) is 0.684. The Hall–Kier alpha value is -3.05. The van der Waals surface area contributed by atoms with E-state index in [0.29, 0.717) is 29.4 Å². The zero-order valence-corrected chi connectivity index (χ0v) is 15.7. The third-order valence-electron chi connectivity index (χ3n) is 4.73. The lowest BCUT2D eigenvalue weighted by Crippen LogP contribution is -2.25. The number of hydrogen-bond acceptors (Lipinski definition) is 5. The number of hydrogen-bond donors (Lipinski definition) is 0. The molecule has 0 bridgehead atoms. The Morgan fingerprint density at radius 2 is 1.79 bits per heavy atom. The van der Waals surface area contributed by atoms with Gasteiger partial charge in [-0.1, -0.05) is 36.4 Å². The molecule has 1 saturated heterocycles. The van der Waals surface area contributed by atoms with E-state index < -0.39 is 5.97 Å². The Balaban J connectivity index is 1.55. The van der Waals surface area contributed by atoms with E-state index in [2.05, 4.69) is 0 Å². The monoisotopic (exact) mass is 378 g/mol. The second kappa shape index (κ2) is 8.31. The van der Waals surface area contributed by atoms with Crippen LogP contribution in [0.4, 0.5) is 0 Å². The van der Waals surface area contributed by atoms with Crippen LogP contribution in [-0.2, 0) is 4.74 Å². The highest BCUT2D eigenvalue weighted by molar-refractivity contribution is 5.96. The number of benzene rings is 3. The molecule has 1 heterocycles. The van der Waals surface area contributed by atoms with Gasteiger partial charge in [0, 0.05) is 6.42 Å². The number of carbonyl (C=O) groups excluding carboxylic acids is 1. The van der Waals surface area contributed by atoms with Crippen LogP contribution in [0.2, 0.25) is 0 Å². The number of carbonyl (C=O) groups is 1. The molecular weight excluding hydrogens is 356 g/mol. The molecule has 0 saturated carbocycles. The van der Waals surface area contributed by atoms with E-state index in [1.807, 2.05) is 36.4 Å². The minimum absolute atomic E-state index is 0.311. The van der Waals surface area contributed by atoms with Gasteiger partial charge in [-0.15, -0.1) is 0 Å². The average Bonchev–Trinajstić information content (AvgIpc) is 2.74. The van der Waals surface area contributed by atoms with E-state index >= 15 is 0 Å². The Morgan fingerprint density at radius 3 is 2.57 bits per heavy atom. The van der Waals surface area contributed by atoms with Gasteiger partial charge in [-0.05, 0) is 47.9 Å². The highest BCUT2D eigenvalue weighted by Gasteiger charge is 2.21. The van der Waals surface area contributed by atoms with Crippen molar-refractivity contribution in [2.75, 3.05) is 13.7 Å². The Labute approximate surface area is 163 Å². The molecule has 1 aliphatic rings. The standard InChI is InChI=1S/C23H22O5/c1-25-22-19(27-21-11-4-5-14-26-21)9-6-10-20(22)28-23(24)18-13-12-16-7-2-3-8-17(16)15-18/h2-3,6-10,12-13,15,21H,4-5,11,14H2,1H3. The number of ether oxygens (including phenoxy) is 4. The normalized spacial score (nSPS) is 16.5. The average molecular weight is 378 g/mol. The fourth-order valence-corrected chi connectivity index (χ4v) is 3.29. The van der Waals surface area contributed by atoms with E-state index in [-0.39, 0.29) is 6.29 Å². The van der Waals surface area contributed by atoms with Gasteiger partial charge in [-0.3, -0.25) is 0 Å². The summed E-state index contributed by atoms with van der Waals surface area (Å²) >= 11 is 0. The molecule has 144 valence electrons. The van der Waals surface area contributed by atoms with Gasteiger partial charge in [0.1, 0.15) is 0 Å². The van der Waals surface area contributed by atoms with Crippen LogP contribution in [0.1, 0.15) is 29.6 Å². The maximum Gasteiger partial charge on any atom is 0.343 e. The molecule has 1 unspecified atom stereocenters. The van der Waals surface area contributed by atoms with Crippen LogP contribution < -0.4 is 14.2 Å². The smallest absolute Gasteiger partial charge is 0.343 e. The second-order valence-corrected chi connectivity index (χ2v) is 6.65. The summed E-state index contributed by atoms with van der Waals surface area (Å²) in [5.74, 6) is 0.744. The van der Waals surface area contributed by atoms with Gasteiger partial charge in [-0.25, -0.2) is 4.79 Å². The van der Waals surface area contributed by atoms with Gasteiger partial charge in [0.25, 0.3) is 0 Å². The molecule has 0 N–H and O–H groups in total. The topological polar surface area (TPSA) is 54.0 Å². The van der Waals surface area contributed by atoms with Gasteiger partial charge in [-0.2, -0.15) is 0 Å². The lowest BCUT2D eigenvalue weighted by atomic mass is 10.1. The van der Waals surface area contributed by atoms with Crippen LogP contribution in [0, 0.1) is 0 Å². The first-order valence-electron chi connectivity index (χ1n) is 9.41. The summed E-state index contributed by atoms with van der Waals surface area (Å²) in [7, 11) is 1.53. The molecule has 1 aliphatic heterocycles. The Morgan fingerprint density at radius 1 is 0.964 bits per heavy atom. The summed E-state index contributed by atoms with van der Waals surface area (Å²) < 4.78 is 22.6. The largest absolute Gasteiger partial charge is 0.490 e. The highest BCUT2D eigenvalue weighted by atomic mass is 16.7. The molecule has 0 aromatic heterocycles. The minimum atomic E-state index is -0.449. The first kappa shape index (κ1) is 18.3. The van der Waals surface area contributed by atoms with E-state index in [9.17, 15) is 4.79 Å². The summed E-state index contributed by atoms with van der Waals surface area (Å²) in [5, 5.41) is 2.05. The second-order valence-electron chi connectivity index (χ2n) is 6.65. The van der Waals surface area contributed by atoms with Gasteiger partial charge in [0.2, 0.25) is 5.75 Å². The molecular formula is C23H22O5. The van der Waals surface area contributed by atoms with E-state index in [0.717, 1.165) is 30.0 Å². The van der Waals surface area contributed by atoms with Crippen LogP contribution >= 0.6 is 0 Å². The van der Waals surface area contributed by atoms with Crippen LogP contribution in [-0.4, -0.2) is 26.0 Å². The minimum Gasteiger partial charge on any atom is -0.490 e. The van der Waals surface area contributed by atoms with E-state index in [1.54, 1.807) is 24.3 Å². The van der Waals surface area contributed by atoms with E-state index in [4.69, 9.17) is 18.9 Å². The lowest BCUT2D eigenvalue weighted by Gasteiger charge is -2.24. The zero-order chi connectivity index (χ0) is 19.3. The van der Waals surface area contributed by atoms with Crippen molar-refractivity contribution in [3.63, 3.8) is 0 Å². The first-order valence-corrected chi connectivity index (χ1v) is 9.41. The summed E-state index contributed by atoms with van der Waals surface area (Å²) in [6.07, 6.45) is 2.61. The number of fused-ring (bicyclic) bond motifs is 1. The van der Waals surface area contributed by atoms with Crippen molar-refractivity contribution in [1.82, 2.24) is 0 Å². The zero-order valence-electron chi connectivity index (χ0n) is 15.7. The predicted octanol–water partition coefficient (Wildman–Crippen LogP) is 4.97. The SMILES string of the molecule is COc1c(OC(=O)c2ccc3ccccc3c2)cccc1OC1CCCCO1. The molecule has 0 amide bonds. The molecule has 5 nitrogen and oxygen atoms in total. The quantitative estimate of drug-likeness (QED) is 0.463. The Kier molecular flexibility index (Phi) is 5.44. The van der Waals surface area contributed by atoms with Gasteiger partial charge in [0.15, 0.2) is 17.8 Å². The van der Waals surface area contributed by atoms with Crippen molar-refractivity contribution >= 4 is 16.7 Å². The molecule has 0 spiro atoms. The lowest BCUT2D eigenvalue weighted by molar-refractivity contribution is -0.106.